The topological polar surface area (TPSA) is 55.5 Å². The normalized spacial score (nSPS) is 12.3. The molecule has 2 rings (SSSR count). The third-order valence-corrected chi connectivity index (χ3v) is 4.18. The summed E-state index contributed by atoms with van der Waals surface area (Å²) in [5, 5.41) is 7.32. The molecule has 0 radical (unpaired) electrons. The molecule has 0 atom stereocenters. The number of nitrogens with one attached hydrogen (secondary N) is 3. The maximum atomic E-state index is 13.3. The Morgan fingerprint density at radius 3 is 2.69 bits per heavy atom. The van der Waals surface area contributed by atoms with Gasteiger partial charge in [0, 0.05) is 36.7 Å². The number of fused-ring (bicyclic) bond motifs is 1. The zero-order valence-electron chi connectivity index (χ0n) is 16.6. The monoisotopic (exact) mass is 529 g/mol. The predicted molar refractivity (Wildman–Crippen MR) is 120 cm³/mol. The molecule has 0 aliphatic carbocycles. The van der Waals surface area contributed by atoms with E-state index in [1.807, 2.05) is 13.1 Å². The van der Waals surface area contributed by atoms with Crippen LogP contribution in [0.3, 0.4) is 0 Å². The summed E-state index contributed by atoms with van der Waals surface area (Å²) < 4.78 is 50.2. The van der Waals surface area contributed by atoms with Crippen molar-refractivity contribution in [1.29, 1.82) is 0 Å². The molecule has 0 spiro atoms. The number of halogens is 5. The highest BCUT2D eigenvalue weighted by Crippen LogP contribution is 2.19. The minimum Gasteiger partial charge on any atom is -0.361 e. The van der Waals surface area contributed by atoms with E-state index >= 15 is 0 Å². The Kier molecular flexibility index (Phi) is 10.7. The molecular weight excluding hydrogens is 501 g/mol. The van der Waals surface area contributed by atoms with Crippen LogP contribution < -0.4 is 10.6 Å². The molecule has 5 nitrogen and oxygen atoms in total. The quantitative estimate of drug-likeness (QED) is 0.152. The lowest BCUT2D eigenvalue weighted by atomic mass is 10.1. The molecule has 10 heteroatoms. The zero-order valence-corrected chi connectivity index (χ0v) is 18.9. The third-order valence-electron chi connectivity index (χ3n) is 4.18. The van der Waals surface area contributed by atoms with Crippen LogP contribution >= 0.6 is 24.0 Å². The van der Waals surface area contributed by atoms with Gasteiger partial charge in [-0.2, -0.15) is 13.2 Å². The van der Waals surface area contributed by atoms with Gasteiger partial charge in [0.05, 0.1) is 6.54 Å². The highest BCUT2D eigenvalue weighted by molar-refractivity contribution is 14.0. The fourth-order valence-corrected chi connectivity index (χ4v) is 2.94. The second-order valence-corrected chi connectivity index (χ2v) is 6.65. The third kappa shape index (κ3) is 9.20. The van der Waals surface area contributed by atoms with E-state index in [1.165, 1.54) is 24.1 Å². The number of benzene rings is 1. The van der Waals surface area contributed by atoms with Gasteiger partial charge in [-0.25, -0.2) is 4.39 Å². The number of hydrogen-bond donors (Lipinski definition) is 3. The molecule has 1 aromatic carbocycles. The van der Waals surface area contributed by atoms with Crippen LogP contribution in [0.2, 0.25) is 0 Å². The van der Waals surface area contributed by atoms with E-state index in [0.717, 1.165) is 22.9 Å². The van der Waals surface area contributed by atoms with E-state index in [0.29, 0.717) is 38.6 Å². The summed E-state index contributed by atoms with van der Waals surface area (Å²) in [7, 11) is 1.45. The van der Waals surface area contributed by atoms with Gasteiger partial charge in [0.1, 0.15) is 5.82 Å². The van der Waals surface area contributed by atoms with E-state index in [9.17, 15) is 17.6 Å². The van der Waals surface area contributed by atoms with Crippen LogP contribution in [-0.4, -0.2) is 61.8 Å². The average molecular weight is 529 g/mol. The maximum Gasteiger partial charge on any atom is 0.401 e. The number of H-pyrrole nitrogens is 1. The van der Waals surface area contributed by atoms with Crippen LogP contribution in [0.5, 0.6) is 0 Å². The van der Waals surface area contributed by atoms with Crippen molar-refractivity contribution in [3.05, 3.63) is 35.8 Å². The lowest BCUT2D eigenvalue weighted by Crippen LogP contribution is -2.38. The van der Waals surface area contributed by atoms with Gasteiger partial charge in [0.25, 0.3) is 0 Å². The summed E-state index contributed by atoms with van der Waals surface area (Å²) in [6.07, 6.45) is -1.05. The molecule has 1 aromatic heterocycles. The number of aliphatic imine (C=N–C) groups is 1. The lowest BCUT2D eigenvalue weighted by Gasteiger charge is -2.18. The fourth-order valence-electron chi connectivity index (χ4n) is 2.94. The number of nitrogens with zero attached hydrogens (tertiary/aromatic N) is 2. The molecule has 0 fully saturated rings. The molecule has 0 saturated carbocycles. The SMILES string of the molecule is CCNC(=NCCCN(C)CC(F)(F)F)NCCc1c[nH]c2cc(F)ccc12.I. The number of hydrogen-bond acceptors (Lipinski definition) is 2. The van der Waals surface area contributed by atoms with Gasteiger partial charge < -0.3 is 15.6 Å². The predicted octanol–water partition coefficient (Wildman–Crippen LogP) is 3.91. The molecule has 164 valence electrons. The summed E-state index contributed by atoms with van der Waals surface area (Å²) in [5.74, 6) is 0.355. The summed E-state index contributed by atoms with van der Waals surface area (Å²) in [4.78, 5) is 8.71. The molecule has 3 N–H and O–H groups in total. The lowest BCUT2D eigenvalue weighted by molar-refractivity contribution is -0.143. The summed E-state index contributed by atoms with van der Waals surface area (Å²) in [5.41, 5.74) is 1.84. The molecule has 0 saturated heterocycles. The smallest absolute Gasteiger partial charge is 0.361 e. The second-order valence-electron chi connectivity index (χ2n) is 6.65. The number of guanidine groups is 1. The van der Waals surface area contributed by atoms with Gasteiger partial charge in [-0.15, -0.1) is 24.0 Å². The Labute approximate surface area is 185 Å². The van der Waals surface area contributed by atoms with E-state index in [2.05, 4.69) is 20.6 Å². The average Bonchev–Trinajstić information content (AvgIpc) is 2.99. The first-order valence-corrected chi connectivity index (χ1v) is 9.31. The molecule has 0 amide bonds. The van der Waals surface area contributed by atoms with Crippen molar-refractivity contribution in [3.63, 3.8) is 0 Å². The van der Waals surface area contributed by atoms with Gasteiger partial charge in [-0.1, -0.05) is 0 Å². The zero-order chi connectivity index (χ0) is 20.6. The molecule has 0 unspecified atom stereocenters. The van der Waals surface area contributed by atoms with Crippen molar-refractivity contribution >= 4 is 40.8 Å². The van der Waals surface area contributed by atoms with Crippen molar-refractivity contribution < 1.29 is 17.6 Å². The van der Waals surface area contributed by atoms with Crippen LogP contribution in [0.1, 0.15) is 18.9 Å². The second kappa shape index (κ2) is 12.2. The van der Waals surface area contributed by atoms with Crippen molar-refractivity contribution in [2.24, 2.45) is 4.99 Å². The van der Waals surface area contributed by atoms with Crippen LogP contribution in [0.15, 0.2) is 29.4 Å². The van der Waals surface area contributed by atoms with Crippen molar-refractivity contribution in [2.75, 3.05) is 39.8 Å². The Balaban J connectivity index is 0.00000420. The standard InChI is InChI=1S/C19H27F4N5.HI/c1-3-24-18(25-8-4-10-28(2)13-19(21,22)23)26-9-7-14-12-27-17-11-15(20)5-6-16(14)17;/h5-6,11-12,27H,3-4,7-10,13H2,1-2H3,(H2,24,25,26);1H. The number of alkyl halides is 3. The van der Waals surface area contributed by atoms with Crippen molar-refractivity contribution in [2.45, 2.75) is 25.9 Å². The van der Waals surface area contributed by atoms with Crippen LogP contribution in [0.4, 0.5) is 17.6 Å². The molecule has 0 aliphatic heterocycles. The largest absolute Gasteiger partial charge is 0.401 e. The first-order valence-electron chi connectivity index (χ1n) is 9.31. The van der Waals surface area contributed by atoms with E-state index in [-0.39, 0.29) is 29.8 Å². The first-order chi connectivity index (χ1) is 13.3. The van der Waals surface area contributed by atoms with Gasteiger partial charge in [-0.3, -0.25) is 9.89 Å². The molecular formula is C19H28F4IN5. The molecule has 2 aromatic rings. The van der Waals surface area contributed by atoms with Crippen LogP contribution in [0, 0.1) is 5.82 Å². The van der Waals surface area contributed by atoms with Gasteiger partial charge in [0.15, 0.2) is 5.96 Å². The minimum absolute atomic E-state index is 0. The molecule has 1 heterocycles. The Hall–Kier alpha value is -1.56. The molecule has 0 bridgehead atoms. The maximum absolute atomic E-state index is 13.3. The summed E-state index contributed by atoms with van der Waals surface area (Å²) in [6.45, 7) is 3.11. The van der Waals surface area contributed by atoms with E-state index < -0.39 is 12.7 Å². The summed E-state index contributed by atoms with van der Waals surface area (Å²) >= 11 is 0. The van der Waals surface area contributed by atoms with Crippen LogP contribution in [-0.2, 0) is 6.42 Å². The minimum atomic E-state index is -4.18. The highest BCUT2D eigenvalue weighted by Gasteiger charge is 2.28. The number of aromatic amines is 1. The van der Waals surface area contributed by atoms with Crippen LogP contribution in [0.25, 0.3) is 10.9 Å². The molecule has 0 aliphatic rings. The Morgan fingerprint density at radius 1 is 1.24 bits per heavy atom. The van der Waals surface area contributed by atoms with E-state index in [4.69, 9.17) is 0 Å². The highest BCUT2D eigenvalue weighted by atomic mass is 127. The van der Waals surface area contributed by atoms with Crippen molar-refractivity contribution in [1.82, 2.24) is 20.5 Å². The molecule has 29 heavy (non-hydrogen) atoms. The van der Waals surface area contributed by atoms with Crippen molar-refractivity contribution in [3.8, 4) is 0 Å². The fraction of sp³-hybridized carbons (Fsp3) is 0.526. The Bertz CT molecular complexity index is 776. The number of rotatable bonds is 9. The van der Waals surface area contributed by atoms with E-state index in [1.54, 1.807) is 6.07 Å². The first kappa shape index (κ1) is 25.5. The Morgan fingerprint density at radius 2 is 2.00 bits per heavy atom. The number of aromatic nitrogens is 1. The van der Waals surface area contributed by atoms with Gasteiger partial charge in [0.2, 0.25) is 0 Å². The van der Waals surface area contributed by atoms with Gasteiger partial charge in [-0.05, 0) is 57.1 Å². The van der Waals surface area contributed by atoms with Gasteiger partial charge >= 0.3 is 6.18 Å². The summed E-state index contributed by atoms with van der Waals surface area (Å²) in [6, 6.07) is 4.66.